The van der Waals surface area contributed by atoms with Gasteiger partial charge in [-0.2, -0.15) is 0 Å². The first-order chi connectivity index (χ1) is 44.8. The molecule has 11 aromatic rings. The van der Waals surface area contributed by atoms with Crippen molar-refractivity contribution < 1.29 is 15.3 Å². The van der Waals surface area contributed by atoms with Crippen LogP contribution in [0, 0.1) is 27.7 Å². The van der Waals surface area contributed by atoms with Crippen molar-refractivity contribution in [3.8, 4) is 90.3 Å². The van der Waals surface area contributed by atoms with Crippen LogP contribution in [0.15, 0.2) is 228 Å². The number of thiophene rings is 5. The lowest BCUT2D eigenvalue weighted by Crippen LogP contribution is -2.20. The normalized spacial score (nSPS) is 15.2. The van der Waals surface area contributed by atoms with Crippen LogP contribution < -0.4 is 4.90 Å². The molecule has 0 saturated carbocycles. The topological polar surface area (TPSA) is 63.9 Å². The van der Waals surface area contributed by atoms with E-state index in [1.165, 1.54) is 96.9 Å². The van der Waals surface area contributed by atoms with Crippen LogP contribution in [0.5, 0.6) is 17.2 Å². The maximum Gasteiger partial charge on any atom is 0.115 e. The Hall–Kier alpha value is -6.88. The molecule has 4 nitrogen and oxygen atoms in total. The first-order valence-corrected chi connectivity index (χ1v) is 38.1. The van der Waals surface area contributed by atoms with Crippen molar-refractivity contribution in [2.24, 2.45) is 0 Å². The Kier molecular flexibility index (Phi) is 20.3. The molecule has 2 aliphatic heterocycles. The molecule has 0 amide bonds. The smallest absolute Gasteiger partial charge is 0.115 e. The number of thiol groups is 1. The molecule has 93 heavy (non-hydrogen) atoms. The minimum Gasteiger partial charge on any atom is -0.508 e. The number of nitrogens with zero attached hydrogens (tertiary/aromatic N) is 1. The molecule has 7 heterocycles. The molecule has 5 aromatic heterocycles. The van der Waals surface area contributed by atoms with Crippen molar-refractivity contribution in [3.05, 3.63) is 260 Å². The second-order valence-corrected chi connectivity index (χ2v) is 35.2. The van der Waals surface area contributed by atoms with E-state index in [0.29, 0.717) is 16.2 Å². The summed E-state index contributed by atoms with van der Waals surface area (Å²) in [4.78, 5) is 19.6. The van der Waals surface area contributed by atoms with Gasteiger partial charge in [0.25, 0.3) is 0 Å². The molecule has 0 radical (unpaired) electrons. The van der Waals surface area contributed by atoms with E-state index < -0.39 is 0 Å². The fourth-order valence-corrected chi connectivity index (χ4v) is 22.0. The highest BCUT2D eigenvalue weighted by Gasteiger charge is 2.34. The Morgan fingerprint density at radius 2 is 0.871 bits per heavy atom. The van der Waals surface area contributed by atoms with Gasteiger partial charge in [-0.25, -0.2) is 0 Å². The highest BCUT2D eigenvalue weighted by atomic mass is 32.2. The summed E-state index contributed by atoms with van der Waals surface area (Å²) in [5.41, 5.74) is 16.1. The molecule has 0 aliphatic carbocycles. The molecule has 470 valence electrons. The number of hydrogen-bond acceptors (Lipinski definition) is 13. The highest BCUT2D eigenvalue weighted by molar-refractivity contribution is 8.09. The second-order valence-electron chi connectivity index (χ2n) is 24.0. The third kappa shape index (κ3) is 14.7. The zero-order valence-electron chi connectivity index (χ0n) is 53.4. The average molecular weight is 1390 g/mol. The molecular weight excluding hydrogens is 1310 g/mol. The van der Waals surface area contributed by atoms with Crippen molar-refractivity contribution in [2.45, 2.75) is 90.4 Å². The predicted molar refractivity (Wildman–Crippen MR) is 420 cm³/mol. The number of phenolic OH excluding ortho intramolecular Hbond substituents is 3. The maximum atomic E-state index is 10.4. The number of phenols is 3. The van der Waals surface area contributed by atoms with Gasteiger partial charge < -0.3 is 20.2 Å². The monoisotopic (exact) mass is 1380 g/mol. The first-order valence-electron chi connectivity index (χ1n) is 30.9. The van der Waals surface area contributed by atoms with Crippen molar-refractivity contribution in [2.75, 3.05) is 4.90 Å². The fraction of sp³-hybridized carbons (Fsp3) is 0.175. The average Bonchev–Trinajstić information content (AvgIpc) is 1.76. The lowest BCUT2D eigenvalue weighted by Gasteiger charge is -2.31. The summed E-state index contributed by atoms with van der Waals surface area (Å²) >= 11 is 20.4. The van der Waals surface area contributed by atoms with E-state index >= 15 is 0 Å². The van der Waals surface area contributed by atoms with E-state index in [9.17, 15) is 10.2 Å². The molecule has 0 bridgehead atoms. The Morgan fingerprint density at radius 1 is 0.495 bits per heavy atom. The molecule has 2 aliphatic rings. The van der Waals surface area contributed by atoms with Crippen LogP contribution in [0.2, 0.25) is 0 Å². The van der Waals surface area contributed by atoms with Crippen LogP contribution in [-0.2, 0) is 0 Å². The minimum atomic E-state index is -0.265. The third-order valence-electron chi connectivity index (χ3n) is 16.3. The summed E-state index contributed by atoms with van der Waals surface area (Å²) in [6, 6.07) is 63.3. The van der Waals surface area contributed by atoms with Gasteiger partial charge in [0.2, 0.25) is 0 Å². The highest BCUT2D eigenvalue weighted by Crippen LogP contribution is 2.58. The Balaban J connectivity index is 0.000000968. The van der Waals surface area contributed by atoms with E-state index in [0.717, 1.165) is 62.6 Å². The van der Waals surface area contributed by atoms with Gasteiger partial charge in [0.05, 0.1) is 0 Å². The molecule has 13 rings (SSSR count). The molecule has 0 saturated heterocycles. The fourth-order valence-electron chi connectivity index (χ4n) is 11.8. The molecular formula is C80H73NO3S9. The van der Waals surface area contributed by atoms with E-state index in [1.54, 1.807) is 36.4 Å². The lowest BCUT2D eigenvalue weighted by molar-refractivity contribution is 0.474. The summed E-state index contributed by atoms with van der Waals surface area (Å²) in [6.45, 7) is 24.0. The van der Waals surface area contributed by atoms with Crippen LogP contribution in [0.25, 0.3) is 82.9 Å². The van der Waals surface area contributed by atoms with Crippen molar-refractivity contribution in [1.82, 2.24) is 0 Å². The molecule has 2 atom stereocenters. The van der Waals surface area contributed by atoms with E-state index in [2.05, 4.69) is 206 Å². The summed E-state index contributed by atoms with van der Waals surface area (Å²) in [5, 5.41) is 30.6. The minimum absolute atomic E-state index is 0.255. The van der Waals surface area contributed by atoms with Gasteiger partial charge in [0, 0.05) is 118 Å². The lowest BCUT2D eigenvalue weighted by atomic mass is 9.97. The molecule has 0 fully saturated rings. The number of thioether (sulfide) groups is 3. The standard InChI is InChI=1S/C73H65NO2S9.C7H8O/c1-10-11-47(7)85-73(8,9)67(62-41-16-46(6)82-62)68(77)48-17-27-53(28-18-48)74(54-29-19-49(20-30-54)69-63(58-37-12-42(2)78-58)65(60-39-14-44(4)80-60)71(83-69)51-23-33-56(75)34-24-51)55-31-21-50(22-32-55)70-64(59-38-13-43(3)79-59)66(61-40-15-45(5)81-61)72(84-70)52-25-35-57(76)36-26-52;1-6-2-4-7(8)5-3-6/h10-12,14-15,17-41,43,46,75-77H,1,13,16H2,2-9H3;2-5,8H,1H3/b47-11-,68-67-;. The number of rotatable bonds is 17. The van der Waals surface area contributed by atoms with Crippen molar-refractivity contribution in [1.29, 1.82) is 0 Å². The van der Waals surface area contributed by atoms with Gasteiger partial charge in [0.15, 0.2) is 0 Å². The van der Waals surface area contributed by atoms with Gasteiger partial charge >= 0.3 is 0 Å². The van der Waals surface area contributed by atoms with Crippen LogP contribution in [0.4, 0.5) is 17.1 Å². The van der Waals surface area contributed by atoms with Gasteiger partial charge in [-0.05, 0) is 233 Å². The molecule has 13 heteroatoms. The van der Waals surface area contributed by atoms with Crippen LogP contribution in [0.3, 0.4) is 0 Å². The largest absolute Gasteiger partial charge is 0.508 e. The van der Waals surface area contributed by atoms with Gasteiger partial charge in [0.1, 0.15) is 17.2 Å². The molecule has 0 spiro atoms. The van der Waals surface area contributed by atoms with E-state index in [-0.39, 0.29) is 16.2 Å². The number of benzene rings is 6. The quantitative estimate of drug-likeness (QED) is 0.0535. The number of anilines is 3. The predicted octanol–water partition coefficient (Wildman–Crippen LogP) is 26.7. The van der Waals surface area contributed by atoms with Crippen LogP contribution >= 0.6 is 105 Å². The van der Waals surface area contributed by atoms with Gasteiger partial charge in [-0.3, -0.25) is 0 Å². The zero-order chi connectivity index (χ0) is 65.2. The van der Waals surface area contributed by atoms with Gasteiger partial charge in [-0.1, -0.05) is 98.8 Å². The van der Waals surface area contributed by atoms with Crippen molar-refractivity contribution in [3.63, 3.8) is 0 Å². The number of allylic oxidation sites excluding steroid dienone is 6. The van der Waals surface area contributed by atoms with Crippen LogP contribution in [0.1, 0.15) is 78.8 Å². The van der Waals surface area contributed by atoms with Gasteiger partial charge in [-0.15, -0.1) is 105 Å². The van der Waals surface area contributed by atoms with Crippen molar-refractivity contribution >= 4 is 131 Å². The maximum absolute atomic E-state index is 10.4. The summed E-state index contributed by atoms with van der Waals surface area (Å²) in [7, 11) is 0. The zero-order valence-corrected chi connectivity index (χ0v) is 60.8. The van der Waals surface area contributed by atoms with E-state index in [4.69, 9.17) is 17.7 Å². The third-order valence-corrected chi connectivity index (χ3v) is 26.0. The summed E-state index contributed by atoms with van der Waals surface area (Å²) in [5.74, 6) is 0.847. The summed E-state index contributed by atoms with van der Waals surface area (Å²) < 4.78 is -0.265. The number of hydrogen-bond donors (Lipinski definition) is 4. The van der Waals surface area contributed by atoms with E-state index in [1.807, 2.05) is 129 Å². The Bertz CT molecular complexity index is 4600. The molecule has 3 N–H and O–H groups in total. The molecule has 2 unspecified atom stereocenters. The molecule has 6 aromatic carbocycles. The summed E-state index contributed by atoms with van der Waals surface area (Å²) in [6.07, 6.45) is 10.9. The Morgan fingerprint density at radius 3 is 1.24 bits per heavy atom. The second kappa shape index (κ2) is 28.6. The Labute approximate surface area is 586 Å². The SMILES string of the molecule is C=C/C=C(/C)SC(C)(C)/C(C1=CCC(C)S1)=C(\S)c1ccc(N(c2ccc(-c3sc(-c4ccc(O)cc4)c(-c4ccc(C)s4)c3C3=CCC(C)S3)cc2)c2ccc(-c3sc(-c4ccc(O)cc4)c(-c4ccc(C)s4)c3-c3ccc(C)s3)cc2)cc1.Cc1ccc(O)cc1. The first kappa shape index (κ1) is 66.2. The van der Waals surface area contributed by atoms with Crippen LogP contribution in [-0.4, -0.2) is 30.6 Å². The number of aromatic hydroxyl groups is 3. The number of aryl methyl sites for hydroxylation is 4.